The fourth-order valence-corrected chi connectivity index (χ4v) is 3.47. The van der Waals surface area contributed by atoms with Crippen molar-refractivity contribution in [3.05, 3.63) is 23.2 Å². The molecule has 0 bridgehead atoms. The summed E-state index contributed by atoms with van der Waals surface area (Å²) >= 11 is 0. The van der Waals surface area contributed by atoms with Gasteiger partial charge in [-0.3, -0.25) is 4.90 Å². The normalized spacial score (nSPS) is 18.2. The molecule has 1 saturated heterocycles. The molecule has 0 amide bonds. The molecule has 0 aromatic carbocycles. The monoisotopic (exact) mass is 314 g/mol. The SMILES string of the molecule is CCS(=O)(=O)NCC1CCN(Cc2cc(C)oc2C)CC1. The van der Waals surface area contributed by atoms with Crippen molar-refractivity contribution in [3.63, 3.8) is 0 Å². The maximum Gasteiger partial charge on any atom is 0.211 e. The van der Waals surface area contributed by atoms with Crippen molar-refractivity contribution in [2.24, 2.45) is 5.92 Å². The van der Waals surface area contributed by atoms with Gasteiger partial charge in [-0.15, -0.1) is 0 Å². The van der Waals surface area contributed by atoms with Gasteiger partial charge in [0.2, 0.25) is 10.0 Å². The lowest BCUT2D eigenvalue weighted by atomic mass is 9.97. The highest BCUT2D eigenvalue weighted by atomic mass is 32.2. The van der Waals surface area contributed by atoms with Crippen molar-refractivity contribution in [1.29, 1.82) is 0 Å². The second kappa shape index (κ2) is 6.94. The molecule has 1 N–H and O–H groups in total. The minimum Gasteiger partial charge on any atom is -0.466 e. The number of likely N-dealkylation sites (tertiary alicyclic amines) is 1. The van der Waals surface area contributed by atoms with Gasteiger partial charge in [-0.1, -0.05) is 0 Å². The van der Waals surface area contributed by atoms with E-state index in [1.54, 1.807) is 6.92 Å². The van der Waals surface area contributed by atoms with E-state index in [0.717, 1.165) is 44.0 Å². The third-order valence-electron chi connectivity index (χ3n) is 4.22. The molecule has 1 aliphatic heterocycles. The molecule has 0 saturated carbocycles. The van der Waals surface area contributed by atoms with Gasteiger partial charge in [-0.2, -0.15) is 0 Å². The number of sulfonamides is 1. The Morgan fingerprint density at radius 3 is 2.52 bits per heavy atom. The van der Waals surface area contributed by atoms with Gasteiger partial charge in [0.15, 0.2) is 0 Å². The first-order valence-electron chi connectivity index (χ1n) is 7.65. The summed E-state index contributed by atoms with van der Waals surface area (Å²) in [6.45, 7) is 9.19. The van der Waals surface area contributed by atoms with Crippen molar-refractivity contribution in [3.8, 4) is 0 Å². The van der Waals surface area contributed by atoms with Crippen LogP contribution in [0.2, 0.25) is 0 Å². The molecule has 0 spiro atoms. The molecule has 1 aromatic heterocycles. The van der Waals surface area contributed by atoms with E-state index >= 15 is 0 Å². The van der Waals surface area contributed by atoms with E-state index in [1.807, 2.05) is 13.8 Å². The fourth-order valence-electron chi connectivity index (χ4n) is 2.78. The molecular formula is C15H26N2O3S. The Labute approximate surface area is 127 Å². The van der Waals surface area contributed by atoms with Gasteiger partial charge in [-0.25, -0.2) is 13.1 Å². The Bertz CT molecular complexity index is 557. The molecule has 2 rings (SSSR count). The van der Waals surface area contributed by atoms with Crippen LogP contribution in [0.15, 0.2) is 10.5 Å². The zero-order valence-corrected chi connectivity index (χ0v) is 14.0. The number of rotatable bonds is 6. The van der Waals surface area contributed by atoms with Crippen molar-refractivity contribution in [2.45, 2.75) is 40.2 Å². The Balaban J connectivity index is 1.77. The smallest absolute Gasteiger partial charge is 0.211 e. The van der Waals surface area contributed by atoms with Gasteiger partial charge in [0.05, 0.1) is 5.75 Å². The number of nitrogens with zero attached hydrogens (tertiary/aromatic N) is 1. The molecule has 1 aliphatic rings. The number of hydrogen-bond donors (Lipinski definition) is 1. The van der Waals surface area contributed by atoms with Crippen LogP contribution in [0.4, 0.5) is 0 Å². The molecule has 6 heteroatoms. The summed E-state index contributed by atoms with van der Waals surface area (Å²) < 4.78 is 31.2. The predicted octanol–water partition coefficient (Wildman–Crippen LogP) is 2.05. The van der Waals surface area contributed by atoms with Crippen LogP contribution in [-0.4, -0.2) is 38.7 Å². The third kappa shape index (κ3) is 4.83. The molecular weight excluding hydrogens is 288 g/mol. The molecule has 0 atom stereocenters. The van der Waals surface area contributed by atoms with Gasteiger partial charge < -0.3 is 4.42 Å². The third-order valence-corrected chi connectivity index (χ3v) is 5.58. The Morgan fingerprint density at radius 1 is 1.33 bits per heavy atom. The second-order valence-electron chi connectivity index (χ2n) is 5.91. The number of piperidine rings is 1. The number of furan rings is 1. The lowest BCUT2D eigenvalue weighted by Crippen LogP contribution is -2.38. The second-order valence-corrected chi connectivity index (χ2v) is 8.01. The van der Waals surface area contributed by atoms with Gasteiger partial charge in [-0.05, 0) is 58.7 Å². The molecule has 5 nitrogen and oxygen atoms in total. The highest BCUT2D eigenvalue weighted by molar-refractivity contribution is 7.89. The first-order chi connectivity index (χ1) is 9.89. The zero-order chi connectivity index (χ0) is 15.5. The first kappa shape index (κ1) is 16.5. The predicted molar refractivity (Wildman–Crippen MR) is 83.6 cm³/mol. The standard InChI is InChI=1S/C15H26N2O3S/c1-4-21(18,19)16-10-14-5-7-17(8-6-14)11-15-9-12(2)20-13(15)3/h9,14,16H,4-8,10-11H2,1-3H3. The van der Waals surface area contributed by atoms with Gasteiger partial charge in [0.25, 0.3) is 0 Å². The van der Waals surface area contributed by atoms with E-state index in [9.17, 15) is 8.42 Å². The van der Waals surface area contributed by atoms with Crippen molar-refractivity contribution >= 4 is 10.0 Å². The van der Waals surface area contributed by atoms with Gasteiger partial charge >= 0.3 is 0 Å². The van der Waals surface area contributed by atoms with E-state index in [4.69, 9.17) is 4.42 Å². The molecule has 1 aromatic rings. The van der Waals surface area contributed by atoms with Crippen LogP contribution in [0.5, 0.6) is 0 Å². The largest absolute Gasteiger partial charge is 0.466 e. The lowest BCUT2D eigenvalue weighted by molar-refractivity contribution is 0.178. The van der Waals surface area contributed by atoms with E-state index in [0.29, 0.717) is 12.5 Å². The first-order valence-corrected chi connectivity index (χ1v) is 9.30. The van der Waals surface area contributed by atoms with E-state index < -0.39 is 10.0 Å². The van der Waals surface area contributed by atoms with Crippen LogP contribution in [0.3, 0.4) is 0 Å². The van der Waals surface area contributed by atoms with Crippen LogP contribution >= 0.6 is 0 Å². The van der Waals surface area contributed by atoms with Crippen molar-refractivity contribution in [1.82, 2.24) is 9.62 Å². The Morgan fingerprint density at radius 2 is 2.00 bits per heavy atom. The summed E-state index contributed by atoms with van der Waals surface area (Å²) in [5.41, 5.74) is 1.26. The molecule has 120 valence electrons. The lowest BCUT2D eigenvalue weighted by Gasteiger charge is -2.31. The van der Waals surface area contributed by atoms with Crippen LogP contribution in [-0.2, 0) is 16.6 Å². The molecule has 0 radical (unpaired) electrons. The highest BCUT2D eigenvalue weighted by Crippen LogP contribution is 2.21. The summed E-state index contributed by atoms with van der Waals surface area (Å²) in [6, 6.07) is 2.11. The minimum absolute atomic E-state index is 0.158. The summed E-state index contributed by atoms with van der Waals surface area (Å²) in [4.78, 5) is 2.42. The molecule has 2 heterocycles. The topological polar surface area (TPSA) is 62.6 Å². The average molecular weight is 314 g/mol. The van der Waals surface area contributed by atoms with E-state index in [1.165, 1.54) is 5.56 Å². The van der Waals surface area contributed by atoms with Crippen LogP contribution in [0.1, 0.15) is 36.8 Å². The van der Waals surface area contributed by atoms with E-state index in [-0.39, 0.29) is 5.75 Å². The molecule has 1 fully saturated rings. The van der Waals surface area contributed by atoms with Gasteiger partial charge in [0, 0.05) is 18.7 Å². The quantitative estimate of drug-likeness (QED) is 0.873. The summed E-state index contributed by atoms with van der Waals surface area (Å²) in [5, 5.41) is 0. The molecule has 0 aliphatic carbocycles. The highest BCUT2D eigenvalue weighted by Gasteiger charge is 2.21. The van der Waals surface area contributed by atoms with E-state index in [2.05, 4.69) is 15.7 Å². The van der Waals surface area contributed by atoms with Crippen molar-refractivity contribution < 1.29 is 12.8 Å². The molecule has 0 unspecified atom stereocenters. The fraction of sp³-hybridized carbons (Fsp3) is 0.733. The number of hydrogen-bond acceptors (Lipinski definition) is 4. The van der Waals surface area contributed by atoms with Gasteiger partial charge in [0.1, 0.15) is 11.5 Å². The van der Waals surface area contributed by atoms with Crippen LogP contribution < -0.4 is 4.72 Å². The Hall–Kier alpha value is -0.850. The van der Waals surface area contributed by atoms with Crippen LogP contribution in [0.25, 0.3) is 0 Å². The summed E-state index contributed by atoms with van der Waals surface area (Å²) in [6.07, 6.45) is 2.09. The van der Waals surface area contributed by atoms with Crippen LogP contribution in [0, 0.1) is 19.8 Å². The number of nitrogens with one attached hydrogen (secondary N) is 1. The average Bonchev–Trinajstić information content (AvgIpc) is 2.76. The molecule has 21 heavy (non-hydrogen) atoms. The Kier molecular flexibility index (Phi) is 5.46. The zero-order valence-electron chi connectivity index (χ0n) is 13.2. The van der Waals surface area contributed by atoms with Crippen molar-refractivity contribution in [2.75, 3.05) is 25.4 Å². The summed E-state index contributed by atoms with van der Waals surface area (Å²) in [5.74, 6) is 2.58. The maximum atomic E-state index is 11.5. The maximum absolute atomic E-state index is 11.5. The number of aryl methyl sites for hydroxylation is 2. The summed E-state index contributed by atoms with van der Waals surface area (Å²) in [7, 11) is -3.06. The minimum atomic E-state index is -3.06.